The molecule has 2 nitrogen and oxygen atoms in total. The summed E-state index contributed by atoms with van der Waals surface area (Å²) in [5.74, 6) is 0.653. The van der Waals surface area contributed by atoms with Crippen molar-refractivity contribution in [2.24, 2.45) is 0 Å². The summed E-state index contributed by atoms with van der Waals surface area (Å²) in [6.07, 6.45) is 0. The molecule has 0 fully saturated rings. The van der Waals surface area contributed by atoms with E-state index < -0.39 is 0 Å². The zero-order chi connectivity index (χ0) is 7.56. The van der Waals surface area contributed by atoms with E-state index in [1.54, 1.807) is 0 Å². The molecule has 12 heavy (non-hydrogen) atoms. The molecule has 0 bridgehead atoms. The predicted octanol–water partition coefficient (Wildman–Crippen LogP) is -0.581. The summed E-state index contributed by atoms with van der Waals surface area (Å²) >= 11 is 0. The summed E-state index contributed by atoms with van der Waals surface area (Å²) in [6, 6.07) is 8.67. The largest absolute Gasteiger partial charge is 0.412 e. The van der Waals surface area contributed by atoms with Crippen LogP contribution in [0.2, 0.25) is 0 Å². The average molecular weight is 168 g/mol. The summed E-state index contributed by atoms with van der Waals surface area (Å²) in [4.78, 5) is 0. The van der Waals surface area contributed by atoms with E-state index in [1.807, 2.05) is 0 Å². The lowest BCUT2D eigenvalue weighted by Gasteiger charge is -2.04. The molecule has 0 atom stereocenters. The number of hydrogen-bond acceptors (Lipinski definition) is 0. The Hall–Kier alpha value is -0.795. The molecule has 0 radical (unpaired) electrons. The van der Waals surface area contributed by atoms with Gasteiger partial charge in [-0.25, -0.2) is 0 Å². The minimum atomic E-state index is 0. The summed E-state index contributed by atoms with van der Waals surface area (Å²) < 4.78 is 0. The van der Waals surface area contributed by atoms with Gasteiger partial charge in [0.15, 0.2) is 0 Å². The van der Waals surface area contributed by atoms with Crippen LogP contribution >= 0.6 is 0 Å². The Bertz CT molecular complexity index is 224. The van der Waals surface area contributed by atoms with Crippen LogP contribution in [0.4, 0.5) is 0 Å². The van der Waals surface area contributed by atoms with E-state index in [1.165, 1.54) is 11.0 Å². The van der Waals surface area contributed by atoms with E-state index in [4.69, 9.17) is 0 Å². The van der Waals surface area contributed by atoms with Gasteiger partial charge in [0.2, 0.25) is 0 Å². The van der Waals surface area contributed by atoms with Gasteiger partial charge in [0.1, 0.15) is 7.85 Å². The van der Waals surface area contributed by atoms with Gasteiger partial charge in [-0.05, 0) is 11.5 Å². The second-order valence-corrected chi connectivity index (χ2v) is 3.07. The Labute approximate surface area is 74.6 Å². The van der Waals surface area contributed by atoms with Crippen molar-refractivity contribution in [2.75, 3.05) is 0 Å². The van der Waals surface area contributed by atoms with Crippen LogP contribution in [0.1, 0.15) is 25.3 Å². The van der Waals surface area contributed by atoms with Crippen molar-refractivity contribution >= 4 is 13.3 Å². The Morgan fingerprint density at radius 2 is 1.75 bits per heavy atom. The molecule has 68 valence electrons. The minimum Gasteiger partial charge on any atom is -0.412 e. The fourth-order valence-electron chi connectivity index (χ4n) is 1.03. The van der Waals surface area contributed by atoms with Crippen LogP contribution in [0.3, 0.4) is 0 Å². The van der Waals surface area contributed by atoms with Gasteiger partial charge >= 0.3 is 0 Å². The molecule has 0 aromatic heterocycles. The molecule has 4 N–H and O–H groups in total. The van der Waals surface area contributed by atoms with Crippen molar-refractivity contribution in [3.8, 4) is 0 Å². The highest BCUT2D eigenvalue weighted by Gasteiger charge is 1.96. The molecular weight excluding hydrogens is 151 g/mol. The van der Waals surface area contributed by atoms with Gasteiger partial charge in [-0.15, -0.1) is 0 Å². The second kappa shape index (κ2) is 5.80. The van der Waals surface area contributed by atoms with Crippen molar-refractivity contribution < 1.29 is 11.0 Å². The Kier molecular flexibility index (Phi) is 6.66. The number of hydrogen-bond donors (Lipinski definition) is 0. The van der Waals surface area contributed by atoms with Crippen molar-refractivity contribution in [1.29, 1.82) is 0 Å². The normalized spacial score (nSPS) is 8.58. The van der Waals surface area contributed by atoms with Crippen LogP contribution in [-0.4, -0.2) is 18.8 Å². The highest BCUT2D eigenvalue weighted by atomic mass is 16.0. The first-order valence-corrected chi connectivity index (χ1v) is 3.76. The van der Waals surface area contributed by atoms with Gasteiger partial charge in [-0.1, -0.05) is 43.6 Å². The van der Waals surface area contributed by atoms with E-state index in [-0.39, 0.29) is 11.0 Å². The summed E-state index contributed by atoms with van der Waals surface area (Å²) in [5, 5.41) is 0. The highest BCUT2D eigenvalue weighted by molar-refractivity contribution is 6.32. The molecular formula is C9H17BO2. The van der Waals surface area contributed by atoms with E-state index in [2.05, 4.69) is 46.0 Å². The first kappa shape index (κ1) is 13.8. The molecule has 0 aliphatic rings. The quantitative estimate of drug-likeness (QED) is 0.503. The third-order valence-electron chi connectivity index (χ3n) is 1.71. The molecule has 0 aliphatic heterocycles. The third kappa shape index (κ3) is 3.55. The fourth-order valence-corrected chi connectivity index (χ4v) is 1.03. The Balaban J connectivity index is 0. The van der Waals surface area contributed by atoms with E-state index in [0.717, 1.165) is 0 Å². The van der Waals surface area contributed by atoms with Gasteiger partial charge in [0, 0.05) is 0 Å². The molecule has 1 aromatic carbocycles. The SMILES string of the molecule is Bc1cccc(C(C)C)c1.O.O. The topological polar surface area (TPSA) is 63.0 Å². The lowest BCUT2D eigenvalue weighted by molar-refractivity contribution is 0.823. The monoisotopic (exact) mass is 168 g/mol. The maximum Gasteiger partial charge on any atom is 0.139 e. The molecule has 1 aromatic rings. The smallest absolute Gasteiger partial charge is 0.139 e. The van der Waals surface area contributed by atoms with Gasteiger partial charge in [-0.3, -0.25) is 0 Å². The van der Waals surface area contributed by atoms with Crippen LogP contribution in [0.15, 0.2) is 24.3 Å². The third-order valence-corrected chi connectivity index (χ3v) is 1.71. The van der Waals surface area contributed by atoms with Crippen LogP contribution in [-0.2, 0) is 0 Å². The highest BCUT2D eigenvalue weighted by Crippen LogP contribution is 2.10. The Morgan fingerprint density at radius 3 is 2.08 bits per heavy atom. The zero-order valence-electron chi connectivity index (χ0n) is 7.89. The summed E-state index contributed by atoms with van der Waals surface area (Å²) in [7, 11) is 2.13. The molecule has 1 rings (SSSR count). The minimum absolute atomic E-state index is 0. The molecule has 3 heteroatoms. The maximum atomic E-state index is 2.24. The standard InChI is InChI=1S/C9H13B.2H2O/c1-7(2)8-4-3-5-9(10)6-8;;/h3-7H,10H2,1-2H3;2*1H2. The van der Waals surface area contributed by atoms with Crippen LogP contribution in [0.5, 0.6) is 0 Å². The van der Waals surface area contributed by atoms with Crippen LogP contribution in [0, 0.1) is 0 Å². The fraction of sp³-hybridized carbons (Fsp3) is 0.333. The molecule has 0 aliphatic carbocycles. The molecule has 0 spiro atoms. The van der Waals surface area contributed by atoms with Crippen LogP contribution in [0.25, 0.3) is 0 Å². The average Bonchev–Trinajstić information content (AvgIpc) is 1.88. The zero-order valence-corrected chi connectivity index (χ0v) is 7.89. The lowest BCUT2D eigenvalue weighted by Crippen LogP contribution is -2.02. The predicted molar refractivity (Wildman–Crippen MR) is 55.9 cm³/mol. The molecule has 0 saturated heterocycles. The van der Waals surface area contributed by atoms with Gasteiger partial charge in [0.25, 0.3) is 0 Å². The van der Waals surface area contributed by atoms with Gasteiger partial charge < -0.3 is 11.0 Å². The molecule has 0 saturated carbocycles. The summed E-state index contributed by atoms with van der Waals surface area (Å²) in [5.41, 5.74) is 2.78. The number of rotatable bonds is 1. The van der Waals surface area contributed by atoms with Gasteiger partial charge in [0.05, 0.1) is 0 Å². The maximum absolute atomic E-state index is 2.24. The molecule has 0 amide bonds. The van der Waals surface area contributed by atoms with E-state index >= 15 is 0 Å². The lowest BCUT2D eigenvalue weighted by atomic mass is 9.91. The van der Waals surface area contributed by atoms with Crippen molar-refractivity contribution in [1.82, 2.24) is 0 Å². The first-order valence-electron chi connectivity index (χ1n) is 3.76. The van der Waals surface area contributed by atoms with Crippen LogP contribution < -0.4 is 5.46 Å². The van der Waals surface area contributed by atoms with Gasteiger partial charge in [-0.2, -0.15) is 0 Å². The summed E-state index contributed by atoms with van der Waals surface area (Å²) in [6.45, 7) is 4.43. The second-order valence-electron chi connectivity index (χ2n) is 3.07. The molecule has 0 heterocycles. The van der Waals surface area contributed by atoms with Crippen molar-refractivity contribution in [3.63, 3.8) is 0 Å². The number of benzene rings is 1. The van der Waals surface area contributed by atoms with Crippen molar-refractivity contribution in [3.05, 3.63) is 29.8 Å². The first-order chi connectivity index (χ1) is 4.70. The Morgan fingerprint density at radius 1 is 1.17 bits per heavy atom. The van der Waals surface area contributed by atoms with Crippen molar-refractivity contribution in [2.45, 2.75) is 19.8 Å². The van der Waals surface area contributed by atoms with E-state index in [0.29, 0.717) is 5.92 Å². The van der Waals surface area contributed by atoms with E-state index in [9.17, 15) is 0 Å². The molecule has 0 unspecified atom stereocenters.